The number of halogens is 1. The minimum atomic E-state index is -0.0709. The highest BCUT2D eigenvalue weighted by atomic mass is 79.9. The molecular weight excluding hydrogens is 282 g/mol. The quantitative estimate of drug-likeness (QED) is 0.929. The zero-order valence-electron chi connectivity index (χ0n) is 11.0. The lowest BCUT2D eigenvalue weighted by Gasteiger charge is -2.28. The molecule has 0 aliphatic carbocycles. The molecule has 1 atom stereocenters. The largest absolute Gasteiger partial charge is 0.495 e. The van der Waals surface area contributed by atoms with Gasteiger partial charge in [0, 0.05) is 6.04 Å². The van der Waals surface area contributed by atoms with Crippen LogP contribution >= 0.6 is 15.9 Å². The van der Waals surface area contributed by atoms with Crippen molar-refractivity contribution in [2.24, 2.45) is 11.1 Å². The summed E-state index contributed by atoms with van der Waals surface area (Å²) in [4.78, 5) is 0. The van der Waals surface area contributed by atoms with Crippen molar-refractivity contribution in [1.29, 1.82) is 0 Å². The molecule has 3 nitrogen and oxygen atoms in total. The summed E-state index contributed by atoms with van der Waals surface area (Å²) in [7, 11) is 3.26. The fourth-order valence-corrected chi connectivity index (χ4v) is 2.12. The van der Waals surface area contributed by atoms with Gasteiger partial charge in [0.15, 0.2) is 0 Å². The summed E-state index contributed by atoms with van der Waals surface area (Å²) >= 11 is 3.44. The van der Waals surface area contributed by atoms with E-state index in [9.17, 15) is 0 Å². The second-order valence-corrected chi connectivity index (χ2v) is 5.88. The number of benzene rings is 1. The molecule has 1 aromatic rings. The minimum absolute atomic E-state index is 0.0101. The molecule has 0 amide bonds. The molecule has 1 rings (SSSR count). The van der Waals surface area contributed by atoms with Gasteiger partial charge in [-0.1, -0.05) is 20.8 Å². The second-order valence-electron chi connectivity index (χ2n) is 5.08. The number of methoxy groups -OCH3 is 2. The second kappa shape index (κ2) is 5.27. The molecule has 0 aliphatic rings. The first-order valence-electron chi connectivity index (χ1n) is 5.48. The zero-order chi connectivity index (χ0) is 13.2. The summed E-state index contributed by atoms with van der Waals surface area (Å²) in [6, 6.07) is 3.82. The van der Waals surface area contributed by atoms with Crippen LogP contribution < -0.4 is 15.2 Å². The van der Waals surface area contributed by atoms with Gasteiger partial charge in [-0.2, -0.15) is 0 Å². The standard InChI is InChI=1S/C13H20BrNO2/c1-13(2,3)12(15)8-6-9(16-4)11(14)10(7-8)17-5/h6-7,12H,15H2,1-5H3/t12-/m1/s1. The molecular formula is C13H20BrNO2. The average Bonchev–Trinajstić information content (AvgIpc) is 2.27. The molecule has 0 bridgehead atoms. The van der Waals surface area contributed by atoms with Gasteiger partial charge in [0.1, 0.15) is 16.0 Å². The maximum absolute atomic E-state index is 6.24. The Morgan fingerprint density at radius 1 is 1.12 bits per heavy atom. The van der Waals surface area contributed by atoms with Gasteiger partial charge in [-0.25, -0.2) is 0 Å². The fourth-order valence-electron chi connectivity index (χ4n) is 1.57. The lowest BCUT2D eigenvalue weighted by atomic mass is 9.83. The van der Waals surface area contributed by atoms with Crippen molar-refractivity contribution in [2.75, 3.05) is 14.2 Å². The van der Waals surface area contributed by atoms with Crippen LogP contribution in [0.4, 0.5) is 0 Å². The van der Waals surface area contributed by atoms with Crippen LogP contribution in [0.1, 0.15) is 32.4 Å². The topological polar surface area (TPSA) is 44.5 Å². The first-order valence-corrected chi connectivity index (χ1v) is 6.27. The molecule has 0 unspecified atom stereocenters. The normalized spacial score (nSPS) is 13.4. The molecule has 0 aliphatic heterocycles. The first kappa shape index (κ1) is 14.3. The molecule has 0 aromatic heterocycles. The van der Waals surface area contributed by atoms with E-state index in [1.807, 2.05) is 12.1 Å². The van der Waals surface area contributed by atoms with E-state index in [0.29, 0.717) is 0 Å². The van der Waals surface area contributed by atoms with Gasteiger partial charge in [-0.05, 0) is 39.0 Å². The number of nitrogens with two attached hydrogens (primary N) is 1. The highest BCUT2D eigenvalue weighted by Crippen LogP contribution is 2.40. The van der Waals surface area contributed by atoms with Crippen LogP contribution in [0.5, 0.6) is 11.5 Å². The molecule has 17 heavy (non-hydrogen) atoms. The Kier molecular flexibility index (Phi) is 4.44. The molecule has 0 saturated carbocycles. The van der Waals surface area contributed by atoms with Gasteiger partial charge in [-0.3, -0.25) is 0 Å². The van der Waals surface area contributed by atoms with Crippen molar-refractivity contribution in [2.45, 2.75) is 26.8 Å². The third-order valence-electron chi connectivity index (χ3n) is 2.76. The van der Waals surface area contributed by atoms with Crippen molar-refractivity contribution < 1.29 is 9.47 Å². The van der Waals surface area contributed by atoms with Crippen LogP contribution in [0.2, 0.25) is 0 Å². The maximum atomic E-state index is 6.24. The highest BCUT2D eigenvalue weighted by molar-refractivity contribution is 9.10. The zero-order valence-corrected chi connectivity index (χ0v) is 12.6. The van der Waals surface area contributed by atoms with Crippen LogP contribution in [0.3, 0.4) is 0 Å². The third-order valence-corrected chi connectivity index (χ3v) is 3.54. The van der Waals surface area contributed by atoms with Gasteiger partial charge in [0.2, 0.25) is 0 Å². The summed E-state index contributed by atoms with van der Waals surface area (Å²) in [5, 5.41) is 0. The van der Waals surface area contributed by atoms with E-state index in [4.69, 9.17) is 15.2 Å². The van der Waals surface area contributed by atoms with E-state index >= 15 is 0 Å². The summed E-state index contributed by atoms with van der Waals surface area (Å²) in [6.45, 7) is 6.33. The summed E-state index contributed by atoms with van der Waals surface area (Å²) in [5.41, 5.74) is 7.24. The van der Waals surface area contributed by atoms with Gasteiger partial charge in [0.25, 0.3) is 0 Å². The molecule has 1 aromatic carbocycles. The molecule has 0 spiro atoms. The summed E-state index contributed by atoms with van der Waals surface area (Å²) in [6.07, 6.45) is 0. The van der Waals surface area contributed by atoms with E-state index in [-0.39, 0.29) is 11.5 Å². The summed E-state index contributed by atoms with van der Waals surface area (Å²) in [5.74, 6) is 1.47. The molecule has 0 saturated heterocycles. The smallest absolute Gasteiger partial charge is 0.137 e. The van der Waals surface area contributed by atoms with Crippen LogP contribution in [0.15, 0.2) is 16.6 Å². The molecule has 0 fully saturated rings. The Balaban J connectivity index is 3.27. The van der Waals surface area contributed by atoms with Gasteiger partial charge in [-0.15, -0.1) is 0 Å². The van der Waals surface area contributed by atoms with Crippen LogP contribution in [0, 0.1) is 5.41 Å². The van der Waals surface area contributed by atoms with E-state index in [0.717, 1.165) is 21.5 Å². The van der Waals surface area contributed by atoms with Crippen molar-refractivity contribution in [1.82, 2.24) is 0 Å². The highest BCUT2D eigenvalue weighted by Gasteiger charge is 2.24. The Morgan fingerprint density at radius 3 is 1.82 bits per heavy atom. The average molecular weight is 302 g/mol. The molecule has 96 valence electrons. The minimum Gasteiger partial charge on any atom is -0.495 e. The van der Waals surface area contributed by atoms with Crippen LogP contribution in [-0.2, 0) is 0 Å². The van der Waals surface area contributed by atoms with Crippen molar-refractivity contribution in [3.63, 3.8) is 0 Å². The van der Waals surface area contributed by atoms with Crippen molar-refractivity contribution in [3.05, 3.63) is 22.2 Å². The first-order chi connectivity index (χ1) is 7.81. The Bertz CT molecular complexity index is 374. The summed E-state index contributed by atoms with van der Waals surface area (Å²) < 4.78 is 11.4. The number of hydrogen-bond donors (Lipinski definition) is 1. The van der Waals surface area contributed by atoms with Crippen LogP contribution in [-0.4, -0.2) is 14.2 Å². The number of hydrogen-bond acceptors (Lipinski definition) is 3. The number of rotatable bonds is 3. The van der Waals surface area contributed by atoms with Crippen molar-refractivity contribution >= 4 is 15.9 Å². The van der Waals surface area contributed by atoms with E-state index in [2.05, 4.69) is 36.7 Å². The number of ether oxygens (including phenoxy) is 2. The molecule has 2 N–H and O–H groups in total. The van der Waals surface area contributed by atoms with E-state index < -0.39 is 0 Å². The lowest BCUT2D eigenvalue weighted by Crippen LogP contribution is -2.26. The molecule has 0 heterocycles. The predicted octanol–water partition coefficient (Wildman–Crippen LogP) is 3.51. The Hall–Kier alpha value is -0.740. The van der Waals surface area contributed by atoms with Gasteiger partial charge in [0.05, 0.1) is 14.2 Å². The SMILES string of the molecule is COc1cc([C@@H](N)C(C)(C)C)cc(OC)c1Br. The molecule has 4 heteroatoms. The van der Waals surface area contributed by atoms with Crippen molar-refractivity contribution in [3.8, 4) is 11.5 Å². The van der Waals surface area contributed by atoms with E-state index in [1.165, 1.54) is 0 Å². The predicted molar refractivity (Wildman–Crippen MR) is 73.6 cm³/mol. The monoisotopic (exact) mass is 301 g/mol. The molecule has 0 radical (unpaired) electrons. The lowest BCUT2D eigenvalue weighted by molar-refractivity contribution is 0.323. The van der Waals surface area contributed by atoms with Gasteiger partial charge >= 0.3 is 0 Å². The Labute approximate surface area is 111 Å². The Morgan fingerprint density at radius 2 is 1.53 bits per heavy atom. The maximum Gasteiger partial charge on any atom is 0.137 e. The fraction of sp³-hybridized carbons (Fsp3) is 0.538. The third kappa shape index (κ3) is 3.13. The van der Waals surface area contributed by atoms with Gasteiger partial charge < -0.3 is 15.2 Å². The van der Waals surface area contributed by atoms with Crippen LogP contribution in [0.25, 0.3) is 0 Å². The van der Waals surface area contributed by atoms with E-state index in [1.54, 1.807) is 14.2 Å².